The maximum Gasteiger partial charge on any atom is 0.411 e. The van der Waals surface area contributed by atoms with Crippen molar-refractivity contribution in [2.75, 3.05) is 31.6 Å². The lowest BCUT2D eigenvalue weighted by molar-refractivity contribution is 0.0911. The van der Waals surface area contributed by atoms with Crippen LogP contribution >= 0.6 is 0 Å². The Morgan fingerprint density at radius 2 is 1.90 bits per heavy atom. The quantitative estimate of drug-likeness (QED) is 0.825. The number of benzene rings is 1. The van der Waals surface area contributed by atoms with Crippen molar-refractivity contribution in [1.29, 1.82) is 0 Å². The molecule has 8 heteroatoms. The van der Waals surface area contributed by atoms with E-state index < -0.39 is 6.09 Å². The van der Waals surface area contributed by atoms with Crippen LogP contribution in [0.1, 0.15) is 28.9 Å². The first-order chi connectivity index (χ1) is 14.0. The van der Waals surface area contributed by atoms with Gasteiger partial charge in [-0.15, -0.1) is 0 Å². The molecule has 2 amide bonds. The highest BCUT2D eigenvalue weighted by atomic mass is 16.5. The van der Waals surface area contributed by atoms with Crippen molar-refractivity contribution in [2.45, 2.75) is 25.3 Å². The normalized spacial score (nSPS) is 17.1. The molecular weight excluding hydrogens is 372 g/mol. The van der Waals surface area contributed by atoms with Gasteiger partial charge >= 0.3 is 6.09 Å². The van der Waals surface area contributed by atoms with Gasteiger partial charge in [-0.1, -0.05) is 0 Å². The van der Waals surface area contributed by atoms with Crippen LogP contribution < -0.4 is 15.0 Å². The zero-order valence-electron chi connectivity index (χ0n) is 16.3. The maximum atomic E-state index is 12.5. The first kappa shape index (κ1) is 19.2. The summed E-state index contributed by atoms with van der Waals surface area (Å²) in [7, 11) is 2.08. The van der Waals surface area contributed by atoms with Crippen molar-refractivity contribution in [2.24, 2.45) is 0 Å². The number of rotatable bonds is 4. The number of hydrogen-bond acceptors (Lipinski definition) is 5. The molecule has 0 radical (unpaired) electrons. The van der Waals surface area contributed by atoms with Crippen LogP contribution in [0, 0.1) is 0 Å². The predicted octanol–water partition coefficient (Wildman–Crippen LogP) is 2.74. The number of anilines is 1. The van der Waals surface area contributed by atoms with Crippen molar-refractivity contribution in [3.63, 3.8) is 0 Å². The highest BCUT2D eigenvalue weighted by Crippen LogP contribution is 2.33. The molecule has 2 aromatic rings. The van der Waals surface area contributed by atoms with E-state index in [1.54, 1.807) is 30.5 Å². The van der Waals surface area contributed by atoms with Gasteiger partial charge in [-0.2, -0.15) is 0 Å². The summed E-state index contributed by atoms with van der Waals surface area (Å²) in [6.07, 6.45) is 3.12. The summed E-state index contributed by atoms with van der Waals surface area (Å²) in [6, 6.07) is 8.82. The van der Waals surface area contributed by atoms with Crippen LogP contribution in [0.25, 0.3) is 0 Å². The van der Waals surface area contributed by atoms with E-state index in [2.05, 4.69) is 22.2 Å². The molecule has 1 aromatic carbocycles. The van der Waals surface area contributed by atoms with Gasteiger partial charge in [0.05, 0.1) is 5.69 Å². The zero-order valence-corrected chi connectivity index (χ0v) is 16.3. The van der Waals surface area contributed by atoms with E-state index in [4.69, 9.17) is 4.74 Å². The van der Waals surface area contributed by atoms with E-state index in [0.29, 0.717) is 35.8 Å². The third-order valence-corrected chi connectivity index (χ3v) is 5.43. The molecule has 1 fully saturated rings. The summed E-state index contributed by atoms with van der Waals surface area (Å²) in [5.74, 6) is 0.918. The average molecular weight is 396 g/mol. The highest BCUT2D eigenvalue weighted by Gasteiger charge is 2.24. The topological polar surface area (TPSA) is 95.0 Å². The Morgan fingerprint density at radius 1 is 1.14 bits per heavy atom. The molecule has 0 unspecified atom stereocenters. The molecule has 3 heterocycles. The van der Waals surface area contributed by atoms with Gasteiger partial charge in [0, 0.05) is 24.8 Å². The fourth-order valence-electron chi connectivity index (χ4n) is 3.79. The smallest absolute Gasteiger partial charge is 0.411 e. The molecule has 29 heavy (non-hydrogen) atoms. The minimum Gasteiger partial charge on any atom is -0.465 e. The standard InChI is InChI=1S/C21H24N4O4/c1-24-9-6-15(7-10-24)23-20(26)18-13-17(4-8-22-18)29-16-2-3-19-14(12-16)5-11-25(19)21(27)28/h2-4,8,12-13,15H,5-7,9-11H2,1H3,(H,23,26)(H,27,28). The van der Waals surface area contributed by atoms with E-state index in [0.717, 1.165) is 31.5 Å². The Morgan fingerprint density at radius 3 is 2.66 bits per heavy atom. The Balaban J connectivity index is 1.43. The summed E-state index contributed by atoms with van der Waals surface area (Å²) >= 11 is 0. The van der Waals surface area contributed by atoms with Gasteiger partial charge in [0.25, 0.3) is 5.91 Å². The molecule has 2 N–H and O–H groups in total. The van der Waals surface area contributed by atoms with E-state index in [9.17, 15) is 14.7 Å². The lowest BCUT2D eigenvalue weighted by Crippen LogP contribution is -2.43. The largest absolute Gasteiger partial charge is 0.465 e. The second-order valence-electron chi connectivity index (χ2n) is 7.50. The number of carbonyl (C=O) groups is 2. The number of carboxylic acid groups (broad SMARTS) is 1. The number of amides is 2. The maximum absolute atomic E-state index is 12.5. The number of carbonyl (C=O) groups excluding carboxylic acids is 1. The molecule has 2 aliphatic heterocycles. The summed E-state index contributed by atoms with van der Waals surface area (Å²) in [4.78, 5) is 31.6. The lowest BCUT2D eigenvalue weighted by atomic mass is 10.1. The minimum atomic E-state index is -0.952. The second-order valence-corrected chi connectivity index (χ2v) is 7.50. The molecule has 1 aromatic heterocycles. The van der Waals surface area contributed by atoms with Gasteiger partial charge in [0.1, 0.15) is 17.2 Å². The van der Waals surface area contributed by atoms with Gasteiger partial charge in [0.15, 0.2) is 0 Å². The molecule has 0 saturated carbocycles. The number of aromatic nitrogens is 1. The molecule has 1 saturated heterocycles. The van der Waals surface area contributed by atoms with Crippen molar-refractivity contribution < 1.29 is 19.4 Å². The Kier molecular flexibility index (Phi) is 5.35. The van der Waals surface area contributed by atoms with Gasteiger partial charge in [-0.25, -0.2) is 4.79 Å². The number of fused-ring (bicyclic) bond motifs is 1. The van der Waals surface area contributed by atoms with Crippen molar-refractivity contribution in [1.82, 2.24) is 15.2 Å². The minimum absolute atomic E-state index is 0.166. The van der Waals surface area contributed by atoms with Crippen LogP contribution in [0.4, 0.5) is 10.5 Å². The van der Waals surface area contributed by atoms with Crippen LogP contribution in [-0.2, 0) is 6.42 Å². The van der Waals surface area contributed by atoms with Gasteiger partial charge in [0.2, 0.25) is 0 Å². The Labute approximate surface area is 169 Å². The number of hydrogen-bond donors (Lipinski definition) is 2. The number of nitrogens with one attached hydrogen (secondary N) is 1. The fourth-order valence-corrected chi connectivity index (χ4v) is 3.79. The van der Waals surface area contributed by atoms with E-state index in [1.165, 1.54) is 4.90 Å². The number of ether oxygens (including phenoxy) is 1. The van der Waals surface area contributed by atoms with Crippen molar-refractivity contribution >= 4 is 17.7 Å². The van der Waals surface area contributed by atoms with E-state index in [-0.39, 0.29) is 11.9 Å². The summed E-state index contributed by atoms with van der Waals surface area (Å²) in [6.45, 7) is 2.39. The molecule has 152 valence electrons. The monoisotopic (exact) mass is 396 g/mol. The molecule has 2 aliphatic rings. The zero-order chi connectivity index (χ0) is 20.4. The summed E-state index contributed by atoms with van der Waals surface area (Å²) in [5.41, 5.74) is 1.94. The fraction of sp³-hybridized carbons (Fsp3) is 0.381. The lowest BCUT2D eigenvalue weighted by Gasteiger charge is -2.29. The highest BCUT2D eigenvalue weighted by molar-refractivity contribution is 5.92. The molecule has 8 nitrogen and oxygen atoms in total. The number of likely N-dealkylation sites (tertiary alicyclic amines) is 1. The number of nitrogens with zero attached hydrogens (tertiary/aromatic N) is 3. The SMILES string of the molecule is CN1CCC(NC(=O)c2cc(Oc3ccc4c(c3)CCN4C(=O)O)ccn2)CC1. The van der Waals surface area contributed by atoms with Gasteiger partial charge in [-0.3, -0.25) is 14.7 Å². The first-order valence-corrected chi connectivity index (χ1v) is 9.76. The van der Waals surface area contributed by atoms with Gasteiger partial charge in [-0.05, 0) is 69.2 Å². The second kappa shape index (κ2) is 8.08. The molecule has 0 atom stereocenters. The third-order valence-electron chi connectivity index (χ3n) is 5.43. The van der Waals surface area contributed by atoms with E-state index >= 15 is 0 Å². The molecule has 4 rings (SSSR count). The average Bonchev–Trinajstić information content (AvgIpc) is 3.13. The predicted molar refractivity (Wildman–Crippen MR) is 108 cm³/mol. The molecule has 0 spiro atoms. The third kappa shape index (κ3) is 4.32. The van der Waals surface area contributed by atoms with Crippen LogP contribution in [0.5, 0.6) is 11.5 Å². The Bertz CT molecular complexity index is 925. The van der Waals surface area contributed by atoms with Crippen molar-refractivity contribution in [3.05, 3.63) is 47.8 Å². The molecular formula is C21H24N4O4. The summed E-state index contributed by atoms with van der Waals surface area (Å²) < 4.78 is 5.90. The van der Waals surface area contributed by atoms with Crippen LogP contribution in [0.15, 0.2) is 36.5 Å². The first-order valence-electron chi connectivity index (χ1n) is 9.76. The Hall–Kier alpha value is -3.13. The van der Waals surface area contributed by atoms with Crippen LogP contribution in [0.3, 0.4) is 0 Å². The van der Waals surface area contributed by atoms with Crippen molar-refractivity contribution in [3.8, 4) is 11.5 Å². The van der Waals surface area contributed by atoms with Crippen LogP contribution in [0.2, 0.25) is 0 Å². The summed E-state index contributed by atoms with van der Waals surface area (Å²) in [5, 5.41) is 12.3. The molecule has 0 aliphatic carbocycles. The molecule has 0 bridgehead atoms. The van der Waals surface area contributed by atoms with Crippen LogP contribution in [-0.4, -0.2) is 59.7 Å². The van der Waals surface area contributed by atoms with E-state index in [1.807, 2.05) is 6.07 Å². The number of pyridine rings is 1. The number of piperidine rings is 1. The van der Waals surface area contributed by atoms with Gasteiger partial charge < -0.3 is 20.1 Å².